The van der Waals surface area contributed by atoms with E-state index in [9.17, 15) is 14.4 Å². The number of nitrogens with zero attached hydrogens (tertiary/aromatic N) is 1. The number of rotatable bonds is 8. The predicted molar refractivity (Wildman–Crippen MR) is 119 cm³/mol. The lowest BCUT2D eigenvalue weighted by molar-refractivity contribution is -0.141. The molecule has 7 nitrogen and oxygen atoms in total. The summed E-state index contributed by atoms with van der Waals surface area (Å²) >= 11 is 0. The van der Waals surface area contributed by atoms with Gasteiger partial charge in [0.2, 0.25) is 11.8 Å². The molecule has 0 radical (unpaired) electrons. The van der Waals surface area contributed by atoms with Crippen molar-refractivity contribution >= 4 is 17.8 Å². The molecule has 1 aliphatic rings. The lowest BCUT2D eigenvalue weighted by Crippen LogP contribution is -2.59. The van der Waals surface area contributed by atoms with Gasteiger partial charge in [0.15, 0.2) is 0 Å². The van der Waals surface area contributed by atoms with Crippen LogP contribution in [0.5, 0.6) is 0 Å². The minimum Gasteiger partial charge on any atom is -0.463 e. The summed E-state index contributed by atoms with van der Waals surface area (Å²) in [7, 11) is 1.73. The highest BCUT2D eigenvalue weighted by Gasteiger charge is 2.38. The lowest BCUT2D eigenvalue weighted by atomic mass is 9.84. The summed E-state index contributed by atoms with van der Waals surface area (Å²) in [5.74, 6) is -0.596. The maximum absolute atomic E-state index is 13.5. The molecular weight excluding hydrogens is 382 g/mol. The van der Waals surface area contributed by atoms with Crippen LogP contribution >= 0.6 is 0 Å². The van der Waals surface area contributed by atoms with Crippen LogP contribution in [0.25, 0.3) is 0 Å². The van der Waals surface area contributed by atoms with Gasteiger partial charge in [-0.1, -0.05) is 47.1 Å². The minimum atomic E-state index is -0.670. The number of ether oxygens (including phenoxy) is 1. The summed E-state index contributed by atoms with van der Waals surface area (Å²) in [4.78, 5) is 40.0. The van der Waals surface area contributed by atoms with Crippen LogP contribution in [0.3, 0.4) is 0 Å². The van der Waals surface area contributed by atoms with Crippen LogP contribution in [-0.4, -0.2) is 61.0 Å². The van der Waals surface area contributed by atoms with Crippen molar-refractivity contribution in [2.24, 2.45) is 11.3 Å². The Labute approximate surface area is 182 Å². The number of carbonyl (C=O) groups is 3. The Morgan fingerprint density at radius 1 is 1.23 bits per heavy atom. The van der Waals surface area contributed by atoms with Gasteiger partial charge < -0.3 is 20.3 Å². The quantitative estimate of drug-likeness (QED) is 0.463. The minimum absolute atomic E-state index is 0.0830. The number of amides is 2. The molecule has 7 heteroatoms. The molecule has 2 amide bonds. The van der Waals surface area contributed by atoms with E-state index in [1.807, 2.05) is 34.6 Å². The molecule has 2 N–H and O–H groups in total. The second-order valence-corrected chi connectivity index (χ2v) is 9.56. The summed E-state index contributed by atoms with van der Waals surface area (Å²) in [6, 6.07) is -1.22. The Balaban J connectivity index is 3.06. The highest BCUT2D eigenvalue weighted by atomic mass is 16.5. The maximum Gasteiger partial charge on any atom is 0.333 e. The molecule has 0 saturated carbocycles. The number of likely N-dealkylation sites (N-methyl/N-ethyl adjacent to an activating group) is 1. The molecule has 1 rings (SSSR count). The normalized spacial score (nSPS) is 19.8. The fourth-order valence-corrected chi connectivity index (χ4v) is 3.64. The molecule has 1 saturated heterocycles. The number of piperidine rings is 1. The maximum atomic E-state index is 13.5. The second kappa shape index (κ2) is 11.5. The molecule has 0 aromatic heterocycles. The molecule has 0 bridgehead atoms. The van der Waals surface area contributed by atoms with E-state index >= 15 is 0 Å². The van der Waals surface area contributed by atoms with Gasteiger partial charge in [0.25, 0.3) is 0 Å². The molecule has 1 fully saturated rings. The summed E-state index contributed by atoms with van der Waals surface area (Å²) in [5, 5.41) is 6.23. The van der Waals surface area contributed by atoms with E-state index in [0.29, 0.717) is 12.2 Å². The van der Waals surface area contributed by atoms with E-state index in [2.05, 4.69) is 10.6 Å². The average molecular weight is 424 g/mol. The first-order valence-corrected chi connectivity index (χ1v) is 11.1. The predicted octanol–water partition coefficient (Wildman–Crippen LogP) is 2.65. The van der Waals surface area contributed by atoms with Crippen LogP contribution in [0, 0.1) is 11.3 Å². The van der Waals surface area contributed by atoms with E-state index in [-0.39, 0.29) is 35.8 Å². The smallest absolute Gasteiger partial charge is 0.333 e. The monoisotopic (exact) mass is 423 g/mol. The fourth-order valence-electron chi connectivity index (χ4n) is 3.64. The van der Waals surface area contributed by atoms with Crippen molar-refractivity contribution in [1.82, 2.24) is 15.5 Å². The first-order chi connectivity index (χ1) is 13.9. The zero-order valence-corrected chi connectivity index (χ0v) is 20.0. The molecule has 1 heterocycles. The van der Waals surface area contributed by atoms with Gasteiger partial charge in [0.1, 0.15) is 6.04 Å². The van der Waals surface area contributed by atoms with Crippen LogP contribution < -0.4 is 10.6 Å². The van der Waals surface area contributed by atoms with Crippen LogP contribution in [0.15, 0.2) is 11.6 Å². The van der Waals surface area contributed by atoms with E-state index in [1.165, 1.54) is 0 Å². The summed E-state index contributed by atoms with van der Waals surface area (Å²) < 4.78 is 5.07. The number of hydrogen-bond donors (Lipinski definition) is 2. The summed E-state index contributed by atoms with van der Waals surface area (Å²) in [5.41, 5.74) is 0.00911. The Hall–Kier alpha value is -1.89. The number of carbonyl (C=O) groups excluding carboxylic acids is 3. The lowest BCUT2D eigenvalue weighted by Gasteiger charge is -2.38. The number of esters is 1. The third-order valence-corrected chi connectivity index (χ3v) is 5.52. The van der Waals surface area contributed by atoms with Crippen molar-refractivity contribution < 1.29 is 19.1 Å². The Morgan fingerprint density at radius 3 is 2.33 bits per heavy atom. The van der Waals surface area contributed by atoms with E-state index < -0.39 is 11.5 Å². The molecule has 30 heavy (non-hydrogen) atoms. The Kier molecular flexibility index (Phi) is 10.0. The molecule has 1 aliphatic heterocycles. The van der Waals surface area contributed by atoms with Gasteiger partial charge in [-0.2, -0.15) is 0 Å². The van der Waals surface area contributed by atoms with Gasteiger partial charge in [-0.05, 0) is 44.6 Å². The van der Waals surface area contributed by atoms with Gasteiger partial charge in [0.05, 0.1) is 18.7 Å². The average Bonchev–Trinajstić information content (AvgIpc) is 2.68. The standard InChI is InChI=1S/C23H41N3O4/c1-9-30-22(29)16(4)14-18(15(2)3)26(8)21(28)19(23(5,6)7)25-20(27)17-12-10-11-13-24-17/h14-15,17-19,24H,9-13H2,1-8H3,(H,25,27)/b16-14+. The third kappa shape index (κ3) is 7.42. The van der Waals surface area contributed by atoms with Crippen molar-refractivity contribution in [3.05, 3.63) is 11.6 Å². The number of nitrogens with one attached hydrogen (secondary N) is 2. The molecule has 0 aliphatic carbocycles. The van der Waals surface area contributed by atoms with E-state index in [4.69, 9.17) is 4.74 Å². The van der Waals surface area contributed by atoms with Gasteiger partial charge in [-0.15, -0.1) is 0 Å². The largest absolute Gasteiger partial charge is 0.463 e. The van der Waals surface area contributed by atoms with Crippen molar-refractivity contribution in [3.63, 3.8) is 0 Å². The third-order valence-electron chi connectivity index (χ3n) is 5.52. The molecule has 0 aromatic rings. The molecule has 0 spiro atoms. The zero-order valence-electron chi connectivity index (χ0n) is 20.0. The van der Waals surface area contributed by atoms with Gasteiger partial charge >= 0.3 is 5.97 Å². The first kappa shape index (κ1) is 26.1. The first-order valence-electron chi connectivity index (χ1n) is 11.1. The molecule has 0 aromatic carbocycles. The highest BCUT2D eigenvalue weighted by Crippen LogP contribution is 2.24. The fraction of sp³-hybridized carbons (Fsp3) is 0.783. The van der Waals surface area contributed by atoms with Crippen molar-refractivity contribution in [1.29, 1.82) is 0 Å². The highest BCUT2D eigenvalue weighted by molar-refractivity contribution is 5.91. The topological polar surface area (TPSA) is 87.7 Å². The van der Waals surface area contributed by atoms with Crippen molar-refractivity contribution in [3.8, 4) is 0 Å². The van der Waals surface area contributed by atoms with Gasteiger partial charge in [-0.3, -0.25) is 9.59 Å². The summed E-state index contributed by atoms with van der Waals surface area (Å²) in [6.07, 6.45) is 4.64. The molecule has 3 atom stereocenters. The van der Waals surface area contributed by atoms with Gasteiger partial charge in [0, 0.05) is 12.6 Å². The van der Waals surface area contributed by atoms with E-state index in [0.717, 1.165) is 25.8 Å². The Bertz CT molecular complexity index is 631. The SMILES string of the molecule is CCOC(=O)/C(C)=C/C(C(C)C)N(C)C(=O)C(NC(=O)C1CCCCN1)C(C)(C)C. The zero-order chi connectivity index (χ0) is 23.1. The molecule has 172 valence electrons. The summed E-state index contributed by atoms with van der Waals surface area (Å²) in [6.45, 7) is 14.4. The van der Waals surface area contributed by atoms with Crippen LogP contribution in [0.1, 0.15) is 67.7 Å². The van der Waals surface area contributed by atoms with Crippen molar-refractivity contribution in [2.45, 2.75) is 85.9 Å². The van der Waals surface area contributed by atoms with Crippen LogP contribution in [0.4, 0.5) is 0 Å². The number of hydrogen-bond acceptors (Lipinski definition) is 5. The second-order valence-electron chi connectivity index (χ2n) is 9.56. The van der Waals surface area contributed by atoms with Crippen LogP contribution in [0.2, 0.25) is 0 Å². The van der Waals surface area contributed by atoms with Crippen LogP contribution in [-0.2, 0) is 19.1 Å². The van der Waals surface area contributed by atoms with Gasteiger partial charge in [-0.25, -0.2) is 4.79 Å². The van der Waals surface area contributed by atoms with E-state index in [1.54, 1.807) is 31.9 Å². The molecule has 3 unspecified atom stereocenters. The van der Waals surface area contributed by atoms with Crippen molar-refractivity contribution in [2.75, 3.05) is 20.2 Å². The molecular formula is C23H41N3O4. The Morgan fingerprint density at radius 2 is 1.87 bits per heavy atom.